The predicted molar refractivity (Wildman–Crippen MR) is 263 cm³/mol. The lowest BCUT2D eigenvalue weighted by atomic mass is 9.63. The Labute approximate surface area is 365 Å². The Bertz CT molecular complexity index is 1920. The summed E-state index contributed by atoms with van der Waals surface area (Å²) in [5.74, 6) is 2.83. The van der Waals surface area contributed by atoms with Crippen molar-refractivity contribution in [1.29, 1.82) is 0 Å². The van der Waals surface area contributed by atoms with Gasteiger partial charge in [0.1, 0.15) is 0 Å². The van der Waals surface area contributed by atoms with Crippen LogP contribution in [0.1, 0.15) is 212 Å². The molecule has 58 heavy (non-hydrogen) atoms. The van der Waals surface area contributed by atoms with Crippen LogP contribution >= 0.6 is 24.0 Å². The van der Waals surface area contributed by atoms with Crippen LogP contribution in [-0.2, 0) is 10.8 Å². The molecule has 1 aromatic heterocycles. The molecule has 0 amide bonds. The lowest BCUT2D eigenvalue weighted by Gasteiger charge is -2.40. The SMILES string of the molecule is C=Cc1cc2c(cc1S)-c1cc3c(cc1C2(CC(CC)CCCC)CC(CC)CCCC)-c1cc2sccc2cc1C3(CC(CC)CCCC)CC(CC)CCCC. The van der Waals surface area contributed by atoms with Crippen molar-refractivity contribution in [3.63, 3.8) is 0 Å². The van der Waals surface area contributed by atoms with Crippen LogP contribution in [0.5, 0.6) is 0 Å². The number of benzene rings is 3. The van der Waals surface area contributed by atoms with Gasteiger partial charge in [0, 0.05) is 20.4 Å². The van der Waals surface area contributed by atoms with Crippen LogP contribution in [0.4, 0.5) is 0 Å². The topological polar surface area (TPSA) is 0 Å². The molecular weight excluding hydrogens is 737 g/mol. The summed E-state index contributed by atoms with van der Waals surface area (Å²) in [6.07, 6.45) is 27.8. The Morgan fingerprint density at radius 3 is 1.31 bits per heavy atom. The van der Waals surface area contributed by atoms with Crippen LogP contribution in [-0.4, -0.2) is 0 Å². The van der Waals surface area contributed by atoms with Crippen molar-refractivity contribution in [2.75, 3.05) is 0 Å². The van der Waals surface area contributed by atoms with Crippen molar-refractivity contribution in [3.8, 4) is 22.3 Å². The Kier molecular flexibility index (Phi) is 16.0. The van der Waals surface area contributed by atoms with E-state index in [0.717, 1.165) is 4.90 Å². The van der Waals surface area contributed by atoms with E-state index in [9.17, 15) is 0 Å². The number of rotatable bonds is 25. The average molecular weight is 817 g/mol. The number of thiol groups is 1. The van der Waals surface area contributed by atoms with E-state index in [1.54, 1.807) is 33.4 Å². The minimum atomic E-state index is -0.0274. The van der Waals surface area contributed by atoms with Crippen LogP contribution in [0.15, 0.2) is 59.3 Å². The van der Waals surface area contributed by atoms with E-state index >= 15 is 0 Å². The number of unbranched alkanes of at least 4 members (excludes halogenated alkanes) is 4. The van der Waals surface area contributed by atoms with E-state index in [2.05, 4.69) is 116 Å². The Balaban J connectivity index is 1.70. The molecule has 2 heteroatoms. The normalized spacial score (nSPS) is 20.1. The third-order valence-corrected chi connectivity index (χ3v) is 16.8. The highest BCUT2D eigenvalue weighted by Gasteiger charge is 2.50. The molecule has 4 unspecified atom stereocenters. The van der Waals surface area contributed by atoms with Crippen LogP contribution < -0.4 is 0 Å². The summed E-state index contributed by atoms with van der Waals surface area (Å²) < 4.78 is 1.44. The van der Waals surface area contributed by atoms with Gasteiger partial charge in [0.2, 0.25) is 0 Å². The molecule has 4 aromatic rings. The second kappa shape index (κ2) is 20.5. The molecule has 0 bridgehead atoms. The molecule has 0 saturated heterocycles. The Morgan fingerprint density at radius 2 is 0.914 bits per heavy atom. The maximum atomic E-state index is 5.19. The van der Waals surface area contributed by atoms with Gasteiger partial charge in [0.05, 0.1) is 0 Å². The molecule has 0 radical (unpaired) electrons. The molecule has 2 aliphatic rings. The fourth-order valence-electron chi connectivity index (χ4n) is 11.9. The van der Waals surface area contributed by atoms with E-state index in [4.69, 9.17) is 12.6 Å². The van der Waals surface area contributed by atoms with Crippen LogP contribution in [0, 0.1) is 23.7 Å². The van der Waals surface area contributed by atoms with Crippen molar-refractivity contribution in [3.05, 3.63) is 82.2 Å². The zero-order valence-corrected chi connectivity index (χ0v) is 39.9. The highest BCUT2D eigenvalue weighted by Crippen LogP contribution is 2.63. The molecule has 2 aliphatic carbocycles. The van der Waals surface area contributed by atoms with E-state index < -0.39 is 0 Å². The third kappa shape index (κ3) is 8.87. The van der Waals surface area contributed by atoms with Gasteiger partial charge in [-0.15, -0.1) is 24.0 Å². The maximum Gasteiger partial charge on any atom is 0.0349 e. The second-order valence-corrected chi connectivity index (χ2v) is 20.5. The number of hydrogen-bond acceptors (Lipinski definition) is 2. The van der Waals surface area contributed by atoms with Gasteiger partial charge in [-0.05, 0) is 153 Å². The van der Waals surface area contributed by atoms with Crippen molar-refractivity contribution in [2.24, 2.45) is 23.7 Å². The summed E-state index contributed by atoms with van der Waals surface area (Å²) in [6.45, 7) is 23.7. The van der Waals surface area contributed by atoms with Crippen molar-refractivity contribution >= 4 is 40.1 Å². The largest absolute Gasteiger partial charge is 0.144 e. The van der Waals surface area contributed by atoms with E-state index in [1.807, 2.05) is 11.3 Å². The summed E-state index contributed by atoms with van der Waals surface area (Å²) >= 11 is 7.12. The lowest BCUT2D eigenvalue weighted by Crippen LogP contribution is -2.32. The first-order valence-electron chi connectivity index (χ1n) is 24.4. The summed E-state index contributed by atoms with van der Waals surface area (Å²) in [7, 11) is 0. The molecule has 4 atom stereocenters. The number of hydrogen-bond donors (Lipinski definition) is 1. The molecule has 0 nitrogen and oxygen atoms in total. The molecule has 6 rings (SSSR count). The molecule has 0 aliphatic heterocycles. The van der Waals surface area contributed by atoms with Gasteiger partial charge < -0.3 is 0 Å². The second-order valence-electron chi connectivity index (χ2n) is 19.1. The highest BCUT2D eigenvalue weighted by molar-refractivity contribution is 7.80. The smallest absolute Gasteiger partial charge is 0.0349 e. The summed E-state index contributed by atoms with van der Waals surface area (Å²) in [4.78, 5) is 1.07. The first-order valence-corrected chi connectivity index (χ1v) is 25.7. The van der Waals surface area contributed by atoms with Gasteiger partial charge in [0.15, 0.2) is 0 Å². The quantitative estimate of drug-likeness (QED) is 0.0633. The van der Waals surface area contributed by atoms with Gasteiger partial charge in [-0.25, -0.2) is 0 Å². The van der Waals surface area contributed by atoms with Gasteiger partial charge >= 0.3 is 0 Å². The van der Waals surface area contributed by atoms with Gasteiger partial charge in [-0.3, -0.25) is 0 Å². The molecule has 316 valence electrons. The predicted octanol–water partition coefficient (Wildman–Crippen LogP) is 18.8. The average Bonchev–Trinajstić information content (AvgIpc) is 3.88. The fraction of sp³-hybridized carbons (Fsp3) is 0.607. The Hall–Kier alpha value is -2.29. The molecule has 0 fully saturated rings. The lowest BCUT2D eigenvalue weighted by molar-refractivity contribution is 0.264. The van der Waals surface area contributed by atoms with Gasteiger partial charge in [-0.2, -0.15) is 0 Å². The molecule has 0 N–H and O–H groups in total. The zero-order valence-electron chi connectivity index (χ0n) is 38.2. The third-order valence-electron chi connectivity index (χ3n) is 15.5. The first kappa shape index (κ1) is 45.2. The number of thiophene rings is 1. The monoisotopic (exact) mass is 817 g/mol. The van der Waals surface area contributed by atoms with Crippen LogP contribution in [0.2, 0.25) is 0 Å². The summed E-state index contributed by atoms with van der Waals surface area (Å²) in [5.41, 5.74) is 13.8. The standard InChI is InChI=1S/C56H80S2/c1-10-19-23-39(14-5)35-55(36-40(15-6)24-20-11-2)49-29-43(18-9)53(57)33-47(49)45-31-52-46(32-51(45)55)48-34-54-44(27-28-58-54)30-50(48)56(52,37-41(16-7)25-21-12-3)38-42(17-8)26-22-13-4/h18,27-34,39-42,57H,9-17,19-26,35-38H2,1-8H3. The number of fused-ring (bicyclic) bond motifs is 7. The minimum Gasteiger partial charge on any atom is -0.144 e. The molecular formula is C56H80S2. The van der Waals surface area contributed by atoms with Crippen molar-refractivity contribution in [2.45, 2.75) is 200 Å². The van der Waals surface area contributed by atoms with E-state index in [1.165, 1.54) is 155 Å². The first-order chi connectivity index (χ1) is 28.2. The summed E-state index contributed by atoms with van der Waals surface area (Å²) in [5, 5.41) is 3.77. The summed E-state index contributed by atoms with van der Waals surface area (Å²) in [6, 6.07) is 18.4. The molecule has 1 heterocycles. The fourth-order valence-corrected chi connectivity index (χ4v) is 13.0. The molecule has 3 aromatic carbocycles. The van der Waals surface area contributed by atoms with Crippen LogP contribution in [0.3, 0.4) is 0 Å². The van der Waals surface area contributed by atoms with Crippen molar-refractivity contribution < 1.29 is 0 Å². The Morgan fingerprint density at radius 1 is 0.534 bits per heavy atom. The van der Waals surface area contributed by atoms with Gasteiger partial charge in [0.25, 0.3) is 0 Å². The van der Waals surface area contributed by atoms with Crippen molar-refractivity contribution in [1.82, 2.24) is 0 Å². The maximum absolute atomic E-state index is 5.19. The van der Waals surface area contributed by atoms with Crippen LogP contribution in [0.25, 0.3) is 38.4 Å². The van der Waals surface area contributed by atoms with E-state index in [0.29, 0.717) is 23.7 Å². The zero-order chi connectivity index (χ0) is 41.5. The highest BCUT2D eigenvalue weighted by atomic mass is 32.1. The van der Waals surface area contributed by atoms with Gasteiger partial charge in [-0.1, -0.05) is 171 Å². The molecule has 0 spiro atoms. The minimum absolute atomic E-state index is 0.00901. The van der Waals surface area contributed by atoms with E-state index in [-0.39, 0.29) is 10.8 Å². The molecule has 0 saturated carbocycles.